The quantitative estimate of drug-likeness (QED) is 0.557. The zero-order valence-electron chi connectivity index (χ0n) is 17.4. The van der Waals surface area contributed by atoms with E-state index in [1.54, 1.807) is 7.11 Å². The summed E-state index contributed by atoms with van der Waals surface area (Å²) in [7, 11) is 1.68. The lowest BCUT2D eigenvalue weighted by Crippen LogP contribution is -2.47. The molecule has 4 bridgehead atoms. The Morgan fingerprint density at radius 1 is 1.03 bits per heavy atom. The van der Waals surface area contributed by atoms with Gasteiger partial charge in [0.15, 0.2) is 0 Å². The van der Waals surface area contributed by atoms with Crippen molar-refractivity contribution in [3.05, 3.63) is 42.0 Å². The van der Waals surface area contributed by atoms with Crippen molar-refractivity contribution in [3.63, 3.8) is 0 Å². The minimum Gasteiger partial charge on any atom is -0.497 e. The van der Waals surface area contributed by atoms with Crippen molar-refractivity contribution in [2.45, 2.75) is 51.9 Å². The number of nitrogens with one attached hydrogen (secondary N) is 1. The highest BCUT2D eigenvalue weighted by Gasteiger charge is 2.51. The zero-order chi connectivity index (χ0) is 20.0. The lowest BCUT2D eigenvalue weighted by molar-refractivity contribution is -0.129. The Morgan fingerprint density at radius 3 is 2.31 bits per heavy atom. The molecule has 4 heteroatoms. The summed E-state index contributed by atoms with van der Waals surface area (Å²) in [6.07, 6.45) is 8.63. The van der Waals surface area contributed by atoms with Gasteiger partial charge in [0, 0.05) is 6.42 Å². The number of amides is 1. The molecule has 0 aliphatic heterocycles. The Kier molecular flexibility index (Phi) is 4.60. The highest BCUT2D eigenvalue weighted by atomic mass is 16.5. The predicted octanol–water partition coefficient (Wildman–Crippen LogP) is 5.30. The smallest absolute Gasteiger partial charge is 0.240 e. The van der Waals surface area contributed by atoms with Gasteiger partial charge in [0.1, 0.15) is 5.75 Å². The fourth-order valence-electron chi connectivity index (χ4n) is 6.67. The normalized spacial score (nSPS) is 30.6. The molecule has 2 aromatic rings. The number of ether oxygens (including phenoxy) is 1. The van der Waals surface area contributed by atoms with E-state index in [-0.39, 0.29) is 11.3 Å². The van der Waals surface area contributed by atoms with Crippen LogP contribution in [0.2, 0.25) is 0 Å². The lowest BCUT2D eigenvalue weighted by atomic mass is 9.49. The number of benzene rings is 2. The lowest BCUT2D eigenvalue weighted by Gasteiger charge is -2.56. The number of hydrogen-bond donors (Lipinski definition) is 1. The molecule has 1 amide bonds. The predicted molar refractivity (Wildman–Crippen MR) is 116 cm³/mol. The summed E-state index contributed by atoms with van der Waals surface area (Å²) in [6, 6.07) is 12.3. The Hall–Kier alpha value is -2.36. The van der Waals surface area contributed by atoms with Crippen LogP contribution in [0.5, 0.6) is 5.75 Å². The van der Waals surface area contributed by atoms with Crippen LogP contribution < -0.4 is 10.2 Å². The van der Waals surface area contributed by atoms with E-state index in [0.717, 1.165) is 45.6 Å². The summed E-state index contributed by atoms with van der Waals surface area (Å²) in [6.45, 7) is 1.95. The molecule has 0 spiro atoms. The summed E-state index contributed by atoms with van der Waals surface area (Å²) in [5.74, 6) is 3.55. The second-order valence-corrected chi connectivity index (χ2v) is 9.75. The van der Waals surface area contributed by atoms with Gasteiger partial charge < -0.3 is 4.74 Å². The maximum absolute atomic E-state index is 12.7. The van der Waals surface area contributed by atoms with Crippen LogP contribution in [0.15, 0.2) is 41.5 Å². The SMILES string of the molecule is COc1ccc2cc(/C(C)=N\NC(=O)CC34CC5CC(CC(C5)C3)C4)ccc2c1. The number of rotatable bonds is 5. The molecule has 0 atom stereocenters. The van der Waals surface area contributed by atoms with Gasteiger partial charge in [-0.25, -0.2) is 5.43 Å². The molecule has 2 aromatic carbocycles. The average Bonchev–Trinajstić information content (AvgIpc) is 2.69. The van der Waals surface area contributed by atoms with Gasteiger partial charge in [0.05, 0.1) is 12.8 Å². The molecule has 1 N–H and O–H groups in total. The van der Waals surface area contributed by atoms with Gasteiger partial charge in [0.25, 0.3) is 0 Å². The van der Waals surface area contributed by atoms with Crippen LogP contribution in [0.4, 0.5) is 0 Å². The van der Waals surface area contributed by atoms with Crippen molar-refractivity contribution in [1.82, 2.24) is 5.43 Å². The fraction of sp³-hybridized carbons (Fsp3) is 0.520. The van der Waals surface area contributed by atoms with Crippen molar-refractivity contribution < 1.29 is 9.53 Å². The standard InChI is InChI=1S/C25H30N2O2/c1-16(20-3-4-22-11-23(29-2)6-5-21(22)10-20)26-27-24(28)15-25-12-17-7-18(13-25)9-19(8-17)14-25/h3-6,10-11,17-19H,7-9,12-15H2,1-2H3,(H,27,28)/b26-16-. The largest absolute Gasteiger partial charge is 0.497 e. The van der Waals surface area contributed by atoms with Crippen LogP contribution >= 0.6 is 0 Å². The molecule has 0 radical (unpaired) electrons. The number of hydrazone groups is 1. The summed E-state index contributed by atoms with van der Waals surface area (Å²) >= 11 is 0. The molecule has 29 heavy (non-hydrogen) atoms. The molecule has 0 heterocycles. The number of fused-ring (bicyclic) bond motifs is 1. The van der Waals surface area contributed by atoms with Crippen LogP contribution in [0.1, 0.15) is 57.4 Å². The highest BCUT2D eigenvalue weighted by Crippen LogP contribution is 2.61. The molecule has 0 unspecified atom stereocenters. The number of carbonyl (C=O) groups excluding carboxylic acids is 1. The minimum absolute atomic E-state index is 0.0804. The van der Waals surface area contributed by atoms with E-state index in [9.17, 15) is 4.79 Å². The van der Waals surface area contributed by atoms with E-state index >= 15 is 0 Å². The Bertz CT molecular complexity index is 943. The number of hydrogen-bond acceptors (Lipinski definition) is 3. The highest BCUT2D eigenvalue weighted by molar-refractivity contribution is 6.02. The van der Waals surface area contributed by atoms with E-state index in [1.165, 1.54) is 38.5 Å². The second-order valence-electron chi connectivity index (χ2n) is 9.75. The van der Waals surface area contributed by atoms with Crippen molar-refractivity contribution in [3.8, 4) is 5.75 Å². The molecule has 0 saturated heterocycles. The third-order valence-corrected chi connectivity index (χ3v) is 7.51. The van der Waals surface area contributed by atoms with Crippen LogP contribution in [0, 0.1) is 23.2 Å². The van der Waals surface area contributed by atoms with Gasteiger partial charge in [-0.2, -0.15) is 5.10 Å². The molecule has 6 rings (SSSR count). The number of carbonyl (C=O) groups is 1. The molecule has 4 aliphatic rings. The summed E-state index contributed by atoms with van der Waals surface area (Å²) in [4.78, 5) is 12.7. The molecule has 4 aliphatic carbocycles. The second kappa shape index (κ2) is 7.16. The Balaban J connectivity index is 1.26. The summed E-state index contributed by atoms with van der Waals surface area (Å²) in [5, 5.41) is 6.69. The number of nitrogens with zero attached hydrogens (tertiary/aromatic N) is 1. The van der Waals surface area contributed by atoms with Crippen molar-refractivity contribution in [1.29, 1.82) is 0 Å². The van der Waals surface area contributed by atoms with Gasteiger partial charge in [-0.3, -0.25) is 4.79 Å². The molecule has 4 saturated carbocycles. The third-order valence-electron chi connectivity index (χ3n) is 7.51. The van der Waals surface area contributed by atoms with E-state index < -0.39 is 0 Å². The fourth-order valence-corrected chi connectivity index (χ4v) is 6.67. The van der Waals surface area contributed by atoms with Gasteiger partial charge in [-0.1, -0.05) is 18.2 Å². The summed E-state index contributed by atoms with van der Waals surface area (Å²) < 4.78 is 5.29. The summed E-state index contributed by atoms with van der Waals surface area (Å²) in [5.41, 5.74) is 4.97. The van der Waals surface area contributed by atoms with Crippen LogP contribution in [0.25, 0.3) is 10.8 Å². The van der Waals surface area contributed by atoms with Crippen LogP contribution in [0.3, 0.4) is 0 Å². The average molecular weight is 391 g/mol. The van der Waals surface area contributed by atoms with Crippen molar-refractivity contribution >= 4 is 22.4 Å². The van der Waals surface area contributed by atoms with Gasteiger partial charge >= 0.3 is 0 Å². The molecule has 4 nitrogen and oxygen atoms in total. The van der Waals surface area contributed by atoms with E-state index in [2.05, 4.69) is 28.7 Å². The molecule has 4 fully saturated rings. The maximum Gasteiger partial charge on any atom is 0.240 e. The first-order valence-electron chi connectivity index (χ1n) is 10.9. The molecular formula is C25H30N2O2. The Morgan fingerprint density at radius 2 is 1.66 bits per heavy atom. The van der Waals surface area contributed by atoms with E-state index in [0.29, 0.717) is 6.42 Å². The zero-order valence-corrected chi connectivity index (χ0v) is 17.4. The van der Waals surface area contributed by atoms with Crippen molar-refractivity contribution in [2.75, 3.05) is 7.11 Å². The minimum atomic E-state index is 0.0804. The van der Waals surface area contributed by atoms with Gasteiger partial charge in [-0.15, -0.1) is 0 Å². The molecular weight excluding hydrogens is 360 g/mol. The maximum atomic E-state index is 12.7. The van der Waals surface area contributed by atoms with Crippen LogP contribution in [-0.4, -0.2) is 18.7 Å². The molecule has 0 aromatic heterocycles. The van der Waals surface area contributed by atoms with E-state index in [4.69, 9.17) is 4.74 Å². The topological polar surface area (TPSA) is 50.7 Å². The third kappa shape index (κ3) is 3.65. The first-order chi connectivity index (χ1) is 14.0. The Labute approximate surface area is 172 Å². The van der Waals surface area contributed by atoms with Crippen LogP contribution in [-0.2, 0) is 4.79 Å². The van der Waals surface area contributed by atoms with E-state index in [1.807, 2.05) is 25.1 Å². The van der Waals surface area contributed by atoms with Gasteiger partial charge in [0.2, 0.25) is 5.91 Å². The molecule has 152 valence electrons. The van der Waals surface area contributed by atoms with Gasteiger partial charge in [-0.05, 0) is 103 Å². The number of methoxy groups -OCH3 is 1. The first-order valence-corrected chi connectivity index (χ1v) is 10.9. The monoisotopic (exact) mass is 390 g/mol. The first kappa shape index (κ1) is 18.7. The van der Waals surface area contributed by atoms with Crippen molar-refractivity contribution in [2.24, 2.45) is 28.3 Å².